The third kappa shape index (κ3) is 5.43. The van der Waals surface area contributed by atoms with Crippen molar-refractivity contribution in [3.05, 3.63) is 18.2 Å². The first-order valence-electron chi connectivity index (χ1n) is 9.05. The molecule has 1 aromatic carbocycles. The minimum Gasteiger partial charge on any atom is -0.495 e. The Morgan fingerprint density at radius 2 is 1.88 bits per heavy atom. The zero-order chi connectivity index (χ0) is 19.0. The highest BCUT2D eigenvalue weighted by atomic mass is 32.2. The average Bonchev–Trinajstić information content (AvgIpc) is 2.92. The maximum absolute atomic E-state index is 12.9. The fourth-order valence-electron chi connectivity index (χ4n) is 2.87. The third-order valence-corrected chi connectivity index (χ3v) is 6.12. The number of methoxy groups -OCH3 is 1. The summed E-state index contributed by atoms with van der Waals surface area (Å²) in [5.74, 6) is 0.0599. The van der Waals surface area contributed by atoms with Gasteiger partial charge in [0.2, 0.25) is 15.9 Å². The number of rotatable bonds is 8. The molecule has 1 heterocycles. The molecule has 1 saturated heterocycles. The lowest BCUT2D eigenvalue weighted by molar-refractivity contribution is -0.120. The van der Waals surface area contributed by atoms with Crippen molar-refractivity contribution in [1.29, 1.82) is 0 Å². The van der Waals surface area contributed by atoms with E-state index < -0.39 is 10.0 Å². The summed E-state index contributed by atoms with van der Waals surface area (Å²) < 4.78 is 37.9. The summed E-state index contributed by atoms with van der Waals surface area (Å²) in [6, 6.07) is 4.53. The van der Waals surface area contributed by atoms with Crippen molar-refractivity contribution in [1.82, 2.24) is 4.31 Å². The molecule has 2 rings (SSSR count). The molecule has 7 nitrogen and oxygen atoms in total. The summed E-state index contributed by atoms with van der Waals surface area (Å²) in [5.41, 5.74) is 0.327. The minimum atomic E-state index is -3.59. The van der Waals surface area contributed by atoms with Crippen molar-refractivity contribution in [2.75, 3.05) is 38.7 Å². The van der Waals surface area contributed by atoms with Gasteiger partial charge in [-0.15, -0.1) is 0 Å². The molecular weight excluding hydrogens is 356 g/mol. The van der Waals surface area contributed by atoms with Gasteiger partial charge in [-0.05, 0) is 37.5 Å². The van der Waals surface area contributed by atoms with Gasteiger partial charge in [0.25, 0.3) is 0 Å². The molecule has 1 aliphatic rings. The third-order valence-electron chi connectivity index (χ3n) is 4.23. The van der Waals surface area contributed by atoms with Crippen LogP contribution in [0.2, 0.25) is 0 Å². The molecule has 0 spiro atoms. The van der Waals surface area contributed by atoms with Gasteiger partial charge in [-0.25, -0.2) is 8.42 Å². The van der Waals surface area contributed by atoms with Crippen LogP contribution in [0.1, 0.15) is 39.0 Å². The topological polar surface area (TPSA) is 84.9 Å². The zero-order valence-corrected chi connectivity index (χ0v) is 16.3. The molecule has 0 aromatic heterocycles. The molecule has 1 fully saturated rings. The molecule has 0 bridgehead atoms. The highest BCUT2D eigenvalue weighted by molar-refractivity contribution is 7.89. The van der Waals surface area contributed by atoms with Crippen LogP contribution in [0.25, 0.3) is 0 Å². The second kappa shape index (κ2) is 9.89. The molecule has 1 aliphatic heterocycles. The average molecular weight is 384 g/mol. The first-order valence-corrected chi connectivity index (χ1v) is 10.5. The van der Waals surface area contributed by atoms with Crippen LogP contribution in [0.3, 0.4) is 0 Å². The Bertz CT molecular complexity index is 698. The molecule has 0 radical (unpaired) electrons. The number of carbonyl (C=O) groups excluding carboxylic acids is 1. The molecule has 0 aliphatic carbocycles. The lowest BCUT2D eigenvalue weighted by atomic mass is 10.2. The molecule has 0 saturated carbocycles. The zero-order valence-electron chi connectivity index (χ0n) is 15.5. The standard InChI is InChI=1S/C18H28N2O5S/c1-3-12-25-14-18(21)19-16-13-15(8-9-17(16)24-2)26(22,23)20-10-6-4-5-7-11-20/h8-9,13H,3-7,10-12,14H2,1-2H3,(H,19,21). The van der Waals surface area contributed by atoms with Crippen molar-refractivity contribution in [2.24, 2.45) is 0 Å². The van der Waals surface area contributed by atoms with Crippen LogP contribution in [-0.4, -0.2) is 52.0 Å². The Kier molecular flexibility index (Phi) is 7.86. The Hall–Kier alpha value is -1.64. The SMILES string of the molecule is CCCOCC(=O)Nc1cc(S(=O)(=O)N2CCCCCC2)ccc1OC. The number of nitrogens with one attached hydrogen (secondary N) is 1. The van der Waals surface area contributed by atoms with Crippen molar-refractivity contribution in [3.63, 3.8) is 0 Å². The quantitative estimate of drug-likeness (QED) is 0.697. The van der Waals surface area contributed by atoms with E-state index in [1.54, 1.807) is 6.07 Å². The summed E-state index contributed by atoms with van der Waals surface area (Å²) in [5, 5.41) is 2.68. The number of benzene rings is 1. The first kappa shape index (κ1) is 20.7. The largest absolute Gasteiger partial charge is 0.495 e. The summed E-state index contributed by atoms with van der Waals surface area (Å²) in [6.45, 7) is 3.42. The number of amides is 1. The molecule has 0 atom stereocenters. The van der Waals surface area contributed by atoms with E-state index in [9.17, 15) is 13.2 Å². The maximum Gasteiger partial charge on any atom is 0.250 e. The van der Waals surface area contributed by atoms with Gasteiger partial charge >= 0.3 is 0 Å². The van der Waals surface area contributed by atoms with E-state index in [0.717, 1.165) is 32.1 Å². The van der Waals surface area contributed by atoms with Crippen LogP contribution in [0.15, 0.2) is 23.1 Å². The Morgan fingerprint density at radius 1 is 1.19 bits per heavy atom. The maximum atomic E-state index is 12.9. The van der Waals surface area contributed by atoms with Crippen LogP contribution in [-0.2, 0) is 19.6 Å². The molecule has 1 N–H and O–H groups in total. The number of carbonyl (C=O) groups is 1. The van der Waals surface area contributed by atoms with Gasteiger partial charge in [0, 0.05) is 19.7 Å². The normalized spacial score (nSPS) is 16.1. The van der Waals surface area contributed by atoms with Crippen molar-refractivity contribution in [3.8, 4) is 5.75 Å². The Balaban J connectivity index is 2.20. The second-order valence-electron chi connectivity index (χ2n) is 6.28. The smallest absolute Gasteiger partial charge is 0.250 e. The van der Waals surface area contributed by atoms with Gasteiger partial charge in [0.1, 0.15) is 12.4 Å². The number of nitrogens with zero attached hydrogens (tertiary/aromatic N) is 1. The first-order chi connectivity index (χ1) is 12.5. The molecule has 1 amide bonds. The van der Waals surface area contributed by atoms with E-state index in [2.05, 4.69) is 5.32 Å². The van der Waals surface area contributed by atoms with Gasteiger partial charge in [-0.1, -0.05) is 19.8 Å². The van der Waals surface area contributed by atoms with Crippen molar-refractivity contribution < 1.29 is 22.7 Å². The van der Waals surface area contributed by atoms with E-state index in [1.165, 1.54) is 23.5 Å². The number of anilines is 1. The highest BCUT2D eigenvalue weighted by Gasteiger charge is 2.26. The monoisotopic (exact) mass is 384 g/mol. The molecule has 26 heavy (non-hydrogen) atoms. The number of sulfonamides is 1. The molecule has 0 unspecified atom stereocenters. The predicted octanol–water partition coefficient (Wildman–Crippen LogP) is 2.63. The van der Waals surface area contributed by atoms with E-state index in [1.807, 2.05) is 6.92 Å². The Morgan fingerprint density at radius 3 is 2.50 bits per heavy atom. The molecular formula is C18H28N2O5S. The second-order valence-corrected chi connectivity index (χ2v) is 8.22. The number of hydrogen-bond donors (Lipinski definition) is 1. The van der Waals surface area contributed by atoms with Crippen LogP contribution in [0.4, 0.5) is 5.69 Å². The van der Waals surface area contributed by atoms with Gasteiger partial charge in [-0.3, -0.25) is 4.79 Å². The molecule has 8 heteroatoms. The lowest BCUT2D eigenvalue weighted by Gasteiger charge is -2.21. The minimum absolute atomic E-state index is 0.0832. The van der Waals surface area contributed by atoms with Crippen molar-refractivity contribution >= 4 is 21.6 Å². The highest BCUT2D eigenvalue weighted by Crippen LogP contribution is 2.29. The lowest BCUT2D eigenvalue weighted by Crippen LogP contribution is -2.32. The predicted molar refractivity (Wildman–Crippen MR) is 100.0 cm³/mol. The molecule has 1 aromatic rings. The van der Waals surface area contributed by atoms with Crippen molar-refractivity contribution in [2.45, 2.75) is 43.9 Å². The van der Waals surface area contributed by atoms with Crippen LogP contribution < -0.4 is 10.1 Å². The number of ether oxygens (including phenoxy) is 2. The summed E-state index contributed by atoms with van der Waals surface area (Å²) in [4.78, 5) is 12.2. The fraction of sp³-hybridized carbons (Fsp3) is 0.611. The number of hydrogen-bond acceptors (Lipinski definition) is 5. The van der Waals surface area contributed by atoms with Gasteiger partial charge < -0.3 is 14.8 Å². The molecule has 146 valence electrons. The van der Waals surface area contributed by atoms with E-state index in [0.29, 0.717) is 31.1 Å². The summed E-state index contributed by atoms with van der Waals surface area (Å²) >= 11 is 0. The van der Waals surface area contributed by atoms with Crippen LogP contribution in [0.5, 0.6) is 5.75 Å². The van der Waals surface area contributed by atoms with Gasteiger partial charge in [0.15, 0.2) is 0 Å². The fourth-order valence-corrected chi connectivity index (χ4v) is 4.42. The van der Waals surface area contributed by atoms with Gasteiger partial charge in [-0.2, -0.15) is 4.31 Å². The van der Waals surface area contributed by atoms with Crippen LogP contribution >= 0.6 is 0 Å². The van der Waals surface area contributed by atoms with E-state index in [-0.39, 0.29) is 17.4 Å². The van der Waals surface area contributed by atoms with Gasteiger partial charge in [0.05, 0.1) is 17.7 Å². The summed E-state index contributed by atoms with van der Waals surface area (Å²) in [7, 11) is -2.12. The van der Waals surface area contributed by atoms with Crippen LogP contribution in [0, 0.1) is 0 Å². The summed E-state index contributed by atoms with van der Waals surface area (Å²) in [6.07, 6.45) is 4.66. The van der Waals surface area contributed by atoms with E-state index in [4.69, 9.17) is 9.47 Å². The van der Waals surface area contributed by atoms with E-state index >= 15 is 0 Å². The Labute approximate surface area is 155 Å².